The summed E-state index contributed by atoms with van der Waals surface area (Å²) in [6.07, 6.45) is -1.60. The third-order valence-corrected chi connectivity index (χ3v) is 4.97. The van der Waals surface area contributed by atoms with Gasteiger partial charge in [-0.1, -0.05) is 40.5 Å². The first-order valence-corrected chi connectivity index (χ1v) is 7.73. The fourth-order valence-electron chi connectivity index (χ4n) is 3.00. The second kappa shape index (κ2) is 6.48. The quantitative estimate of drug-likeness (QED) is 0.841. The summed E-state index contributed by atoms with van der Waals surface area (Å²) in [6.45, 7) is 0. The smallest absolute Gasteiger partial charge is 0.327 e. The lowest BCUT2D eigenvalue weighted by Crippen LogP contribution is -2.38. The maximum absolute atomic E-state index is 12.8. The Morgan fingerprint density at radius 1 is 1.25 bits per heavy atom. The van der Waals surface area contributed by atoms with Gasteiger partial charge in [0.1, 0.15) is 0 Å². The normalized spacial score (nSPS) is 25.4. The van der Waals surface area contributed by atoms with Crippen LogP contribution in [0.4, 0.5) is 13.2 Å². The average molecular weight is 350 g/mol. The van der Waals surface area contributed by atoms with Crippen molar-refractivity contribution in [1.82, 2.24) is 0 Å². The Kier molecular flexibility index (Phi) is 5.13. The van der Waals surface area contributed by atoms with Crippen LogP contribution in [0.1, 0.15) is 31.2 Å². The van der Waals surface area contributed by atoms with Crippen LogP contribution in [0.5, 0.6) is 0 Å². The van der Waals surface area contributed by atoms with Crippen LogP contribution in [-0.4, -0.2) is 12.2 Å². The molecule has 0 spiro atoms. The predicted molar refractivity (Wildman–Crippen MR) is 77.3 cm³/mol. The number of halogens is 4. The molecule has 2 rings (SSSR count). The summed E-state index contributed by atoms with van der Waals surface area (Å²) < 4.78 is 39.4. The lowest BCUT2D eigenvalue weighted by Gasteiger charge is -2.34. The van der Waals surface area contributed by atoms with Crippen LogP contribution >= 0.6 is 15.9 Å². The molecule has 0 heterocycles. The molecule has 1 aliphatic rings. The van der Waals surface area contributed by atoms with E-state index in [9.17, 15) is 13.2 Å². The van der Waals surface area contributed by atoms with E-state index in [0.29, 0.717) is 12.8 Å². The van der Waals surface area contributed by atoms with Gasteiger partial charge in [-0.15, -0.1) is 0 Å². The zero-order valence-electron chi connectivity index (χ0n) is 11.2. The summed E-state index contributed by atoms with van der Waals surface area (Å²) >= 11 is 3.46. The van der Waals surface area contributed by atoms with Gasteiger partial charge in [-0.3, -0.25) is 0 Å². The lowest BCUT2D eigenvalue weighted by atomic mass is 9.76. The molecule has 1 saturated carbocycles. The van der Waals surface area contributed by atoms with E-state index in [1.54, 1.807) is 0 Å². The fraction of sp³-hybridized carbons (Fsp3) is 0.600. The first-order chi connectivity index (χ1) is 9.38. The number of rotatable bonds is 3. The molecule has 0 saturated heterocycles. The van der Waals surface area contributed by atoms with Crippen molar-refractivity contribution >= 4 is 15.9 Å². The number of benzene rings is 1. The SMILES string of the molecule is NC(Cc1ccccc1Br)C1CCCC(C(F)(F)F)C1. The summed E-state index contributed by atoms with van der Waals surface area (Å²) in [5.41, 5.74) is 7.23. The molecule has 3 atom stereocenters. The van der Waals surface area contributed by atoms with Gasteiger partial charge in [0.15, 0.2) is 0 Å². The third kappa shape index (κ3) is 3.98. The first kappa shape index (κ1) is 15.8. The molecule has 3 unspecified atom stereocenters. The van der Waals surface area contributed by atoms with E-state index in [1.165, 1.54) is 0 Å². The minimum Gasteiger partial charge on any atom is -0.327 e. The van der Waals surface area contributed by atoms with Crippen LogP contribution in [0.3, 0.4) is 0 Å². The Morgan fingerprint density at radius 3 is 2.60 bits per heavy atom. The van der Waals surface area contributed by atoms with Crippen molar-refractivity contribution in [3.8, 4) is 0 Å². The number of nitrogens with two attached hydrogens (primary N) is 1. The summed E-state index contributed by atoms with van der Waals surface area (Å²) in [4.78, 5) is 0. The molecule has 0 aromatic heterocycles. The van der Waals surface area contributed by atoms with Crippen molar-refractivity contribution in [2.45, 2.75) is 44.3 Å². The van der Waals surface area contributed by atoms with E-state index in [1.807, 2.05) is 24.3 Å². The van der Waals surface area contributed by atoms with Gasteiger partial charge < -0.3 is 5.73 Å². The van der Waals surface area contributed by atoms with E-state index in [2.05, 4.69) is 15.9 Å². The van der Waals surface area contributed by atoms with Crippen molar-refractivity contribution in [1.29, 1.82) is 0 Å². The molecule has 1 fully saturated rings. The molecule has 0 radical (unpaired) electrons. The van der Waals surface area contributed by atoms with Gasteiger partial charge in [-0.25, -0.2) is 0 Å². The highest BCUT2D eigenvalue weighted by atomic mass is 79.9. The van der Waals surface area contributed by atoms with E-state index < -0.39 is 12.1 Å². The maximum Gasteiger partial charge on any atom is 0.391 e. The zero-order valence-corrected chi connectivity index (χ0v) is 12.8. The maximum atomic E-state index is 12.8. The number of alkyl halides is 3. The molecule has 0 aliphatic heterocycles. The van der Waals surface area contributed by atoms with E-state index in [-0.39, 0.29) is 24.8 Å². The van der Waals surface area contributed by atoms with E-state index in [4.69, 9.17) is 5.73 Å². The highest BCUT2D eigenvalue weighted by Crippen LogP contribution is 2.41. The first-order valence-electron chi connectivity index (χ1n) is 6.93. The highest BCUT2D eigenvalue weighted by molar-refractivity contribution is 9.10. The summed E-state index contributed by atoms with van der Waals surface area (Å²) in [5, 5.41) is 0. The molecule has 1 aromatic carbocycles. The molecule has 112 valence electrons. The molecule has 1 aliphatic carbocycles. The van der Waals surface area contributed by atoms with Crippen LogP contribution < -0.4 is 5.73 Å². The monoisotopic (exact) mass is 349 g/mol. The Morgan fingerprint density at radius 2 is 1.95 bits per heavy atom. The van der Waals surface area contributed by atoms with Crippen LogP contribution in [0.15, 0.2) is 28.7 Å². The second-order valence-electron chi connectivity index (χ2n) is 5.62. The van der Waals surface area contributed by atoms with Crippen LogP contribution in [0.2, 0.25) is 0 Å². The van der Waals surface area contributed by atoms with Gasteiger partial charge in [0.2, 0.25) is 0 Å². The van der Waals surface area contributed by atoms with Crippen LogP contribution in [0.25, 0.3) is 0 Å². The largest absolute Gasteiger partial charge is 0.391 e. The van der Waals surface area contributed by atoms with Gasteiger partial charge in [-0.2, -0.15) is 13.2 Å². The van der Waals surface area contributed by atoms with Crippen molar-refractivity contribution in [2.24, 2.45) is 17.6 Å². The Hall–Kier alpha value is -0.550. The van der Waals surface area contributed by atoms with Gasteiger partial charge in [0, 0.05) is 10.5 Å². The average Bonchev–Trinajstić information content (AvgIpc) is 2.40. The molecular formula is C15H19BrF3N. The lowest BCUT2D eigenvalue weighted by molar-refractivity contribution is -0.186. The van der Waals surface area contributed by atoms with Crippen molar-refractivity contribution in [2.75, 3.05) is 0 Å². The fourth-order valence-corrected chi connectivity index (χ4v) is 3.44. The van der Waals surface area contributed by atoms with Crippen molar-refractivity contribution in [3.05, 3.63) is 34.3 Å². The highest BCUT2D eigenvalue weighted by Gasteiger charge is 2.43. The molecular weight excluding hydrogens is 331 g/mol. The van der Waals surface area contributed by atoms with Gasteiger partial charge in [-0.05, 0) is 43.2 Å². The van der Waals surface area contributed by atoms with Crippen LogP contribution in [-0.2, 0) is 6.42 Å². The van der Waals surface area contributed by atoms with Gasteiger partial charge >= 0.3 is 6.18 Å². The Labute approximate surface area is 125 Å². The Balaban J connectivity index is 1.99. The van der Waals surface area contributed by atoms with E-state index >= 15 is 0 Å². The molecule has 1 aromatic rings. The number of hydrogen-bond acceptors (Lipinski definition) is 1. The minimum absolute atomic E-state index is 0.0394. The van der Waals surface area contributed by atoms with Crippen molar-refractivity contribution in [3.63, 3.8) is 0 Å². The number of hydrogen-bond donors (Lipinski definition) is 1. The van der Waals surface area contributed by atoms with Crippen LogP contribution in [0, 0.1) is 11.8 Å². The van der Waals surface area contributed by atoms with Crippen molar-refractivity contribution < 1.29 is 13.2 Å². The topological polar surface area (TPSA) is 26.0 Å². The molecule has 2 N–H and O–H groups in total. The predicted octanol–water partition coefficient (Wildman–Crippen LogP) is 4.69. The van der Waals surface area contributed by atoms with Gasteiger partial charge in [0.05, 0.1) is 5.92 Å². The second-order valence-corrected chi connectivity index (χ2v) is 6.48. The summed E-state index contributed by atoms with van der Waals surface area (Å²) in [5.74, 6) is -1.21. The Bertz CT molecular complexity index is 447. The minimum atomic E-state index is -4.08. The van der Waals surface area contributed by atoms with E-state index in [0.717, 1.165) is 16.5 Å². The molecule has 20 heavy (non-hydrogen) atoms. The zero-order chi connectivity index (χ0) is 14.8. The summed E-state index contributed by atoms with van der Waals surface area (Å²) in [7, 11) is 0. The third-order valence-electron chi connectivity index (χ3n) is 4.20. The summed E-state index contributed by atoms with van der Waals surface area (Å²) in [6, 6.07) is 7.53. The molecule has 0 amide bonds. The standard InChI is InChI=1S/C15H19BrF3N/c16-13-7-2-1-4-10(13)9-14(20)11-5-3-6-12(8-11)15(17,18)19/h1-2,4,7,11-12,14H,3,5-6,8-9,20H2. The molecule has 0 bridgehead atoms. The van der Waals surface area contributed by atoms with Gasteiger partial charge in [0.25, 0.3) is 0 Å². The molecule has 1 nitrogen and oxygen atoms in total. The molecule has 5 heteroatoms.